The fourth-order valence-corrected chi connectivity index (χ4v) is 1.59. The standard InChI is InChI=1S/C13H13F3N4O/c1-7(2)10-18-11(20-19-10)12(21)17-9-5-3-4-8(6-9)13(14,15)16/h3-7H,1-2H3,(H,17,21)(H,18,19,20). The van der Waals surface area contributed by atoms with Crippen molar-refractivity contribution in [3.63, 3.8) is 0 Å². The number of aromatic nitrogens is 3. The quantitative estimate of drug-likeness (QED) is 0.914. The number of carbonyl (C=O) groups is 1. The predicted octanol–water partition coefficient (Wildman–Crippen LogP) is 3.20. The largest absolute Gasteiger partial charge is 0.416 e. The van der Waals surface area contributed by atoms with Gasteiger partial charge >= 0.3 is 6.18 Å². The van der Waals surface area contributed by atoms with Crippen molar-refractivity contribution in [3.8, 4) is 0 Å². The second-order valence-electron chi connectivity index (χ2n) is 4.73. The molecule has 112 valence electrons. The lowest BCUT2D eigenvalue weighted by Gasteiger charge is -2.08. The van der Waals surface area contributed by atoms with Crippen LogP contribution in [0.1, 0.15) is 41.8 Å². The van der Waals surface area contributed by atoms with Gasteiger partial charge in [-0.2, -0.15) is 13.2 Å². The molecule has 5 nitrogen and oxygen atoms in total. The third-order valence-electron chi connectivity index (χ3n) is 2.70. The summed E-state index contributed by atoms with van der Waals surface area (Å²) in [4.78, 5) is 15.8. The van der Waals surface area contributed by atoms with E-state index in [2.05, 4.69) is 20.5 Å². The summed E-state index contributed by atoms with van der Waals surface area (Å²) in [6.07, 6.45) is -4.46. The van der Waals surface area contributed by atoms with Gasteiger partial charge in [0.2, 0.25) is 5.82 Å². The van der Waals surface area contributed by atoms with Crippen LogP contribution in [-0.4, -0.2) is 21.1 Å². The van der Waals surface area contributed by atoms with E-state index in [9.17, 15) is 18.0 Å². The van der Waals surface area contributed by atoms with Crippen LogP contribution in [0, 0.1) is 0 Å². The number of halogens is 3. The fraction of sp³-hybridized carbons (Fsp3) is 0.308. The minimum absolute atomic E-state index is 0.0331. The number of benzene rings is 1. The van der Waals surface area contributed by atoms with Gasteiger partial charge in [-0.3, -0.25) is 9.89 Å². The number of amides is 1. The second-order valence-corrected chi connectivity index (χ2v) is 4.73. The summed E-state index contributed by atoms with van der Waals surface area (Å²) in [5.41, 5.74) is -0.802. The molecule has 2 rings (SSSR count). The molecule has 0 saturated heterocycles. The Labute approximate surface area is 118 Å². The zero-order valence-corrected chi connectivity index (χ0v) is 11.3. The number of anilines is 1. The Morgan fingerprint density at radius 3 is 2.62 bits per heavy atom. The van der Waals surface area contributed by atoms with Gasteiger partial charge in [-0.1, -0.05) is 19.9 Å². The van der Waals surface area contributed by atoms with Gasteiger partial charge in [0.05, 0.1) is 5.56 Å². The highest BCUT2D eigenvalue weighted by atomic mass is 19.4. The molecular formula is C13H13F3N4O. The molecule has 0 fully saturated rings. The summed E-state index contributed by atoms with van der Waals surface area (Å²) in [5.74, 6) is -0.189. The molecule has 0 saturated carbocycles. The van der Waals surface area contributed by atoms with Crippen molar-refractivity contribution in [2.45, 2.75) is 25.9 Å². The summed E-state index contributed by atoms with van der Waals surface area (Å²) in [6.45, 7) is 3.74. The van der Waals surface area contributed by atoms with Crippen LogP contribution in [0.4, 0.5) is 18.9 Å². The average molecular weight is 298 g/mol. The van der Waals surface area contributed by atoms with Crippen LogP contribution in [-0.2, 0) is 6.18 Å². The molecular weight excluding hydrogens is 285 g/mol. The molecule has 0 radical (unpaired) electrons. The van der Waals surface area contributed by atoms with Crippen LogP contribution in [0.15, 0.2) is 24.3 Å². The third-order valence-corrected chi connectivity index (χ3v) is 2.70. The number of nitrogens with zero attached hydrogens (tertiary/aromatic N) is 2. The van der Waals surface area contributed by atoms with Crippen LogP contribution >= 0.6 is 0 Å². The maximum atomic E-state index is 12.6. The molecule has 0 unspecified atom stereocenters. The lowest BCUT2D eigenvalue weighted by molar-refractivity contribution is -0.137. The lowest BCUT2D eigenvalue weighted by Crippen LogP contribution is -2.14. The van der Waals surface area contributed by atoms with Crippen LogP contribution in [0.3, 0.4) is 0 Å². The van der Waals surface area contributed by atoms with E-state index in [1.165, 1.54) is 12.1 Å². The first-order valence-electron chi connectivity index (χ1n) is 6.18. The van der Waals surface area contributed by atoms with Crippen molar-refractivity contribution in [3.05, 3.63) is 41.5 Å². The minimum atomic E-state index is -4.46. The molecule has 0 aliphatic heterocycles. The van der Waals surface area contributed by atoms with Crippen molar-refractivity contribution < 1.29 is 18.0 Å². The molecule has 8 heteroatoms. The Hall–Kier alpha value is -2.38. The van der Waals surface area contributed by atoms with E-state index >= 15 is 0 Å². The summed E-state index contributed by atoms with van der Waals surface area (Å²) in [7, 11) is 0. The maximum Gasteiger partial charge on any atom is 0.416 e. The van der Waals surface area contributed by atoms with Crippen molar-refractivity contribution in [1.82, 2.24) is 15.2 Å². The van der Waals surface area contributed by atoms with Crippen molar-refractivity contribution in [2.75, 3.05) is 5.32 Å². The van der Waals surface area contributed by atoms with Gasteiger partial charge in [-0.15, -0.1) is 5.10 Å². The van der Waals surface area contributed by atoms with Crippen molar-refractivity contribution in [1.29, 1.82) is 0 Å². The Bertz CT molecular complexity index is 649. The smallest absolute Gasteiger partial charge is 0.319 e. The van der Waals surface area contributed by atoms with Gasteiger partial charge < -0.3 is 5.32 Å². The SMILES string of the molecule is CC(C)c1nc(C(=O)Nc2cccc(C(F)(F)F)c2)n[nH]1. The number of rotatable bonds is 3. The molecule has 0 atom stereocenters. The topological polar surface area (TPSA) is 70.7 Å². The third kappa shape index (κ3) is 3.59. The number of hydrogen-bond acceptors (Lipinski definition) is 3. The average Bonchev–Trinajstić information content (AvgIpc) is 2.88. The summed E-state index contributed by atoms with van der Waals surface area (Å²) < 4.78 is 37.7. The van der Waals surface area contributed by atoms with Gasteiger partial charge in [0, 0.05) is 11.6 Å². The molecule has 21 heavy (non-hydrogen) atoms. The predicted molar refractivity (Wildman–Crippen MR) is 69.9 cm³/mol. The lowest BCUT2D eigenvalue weighted by atomic mass is 10.2. The first-order valence-corrected chi connectivity index (χ1v) is 6.18. The van der Waals surface area contributed by atoms with E-state index in [1.807, 2.05) is 13.8 Å². The van der Waals surface area contributed by atoms with Crippen LogP contribution < -0.4 is 5.32 Å². The number of nitrogens with one attached hydrogen (secondary N) is 2. The van der Waals surface area contributed by atoms with Crippen molar-refractivity contribution in [2.24, 2.45) is 0 Å². The zero-order valence-electron chi connectivity index (χ0n) is 11.3. The highest BCUT2D eigenvalue weighted by molar-refractivity contribution is 6.01. The molecule has 1 amide bonds. The monoisotopic (exact) mass is 298 g/mol. The molecule has 0 bridgehead atoms. The Morgan fingerprint density at radius 1 is 1.33 bits per heavy atom. The normalized spacial score (nSPS) is 11.7. The molecule has 2 N–H and O–H groups in total. The Balaban J connectivity index is 2.15. The van der Waals surface area contributed by atoms with Gasteiger partial charge in [0.15, 0.2) is 0 Å². The number of alkyl halides is 3. The van der Waals surface area contributed by atoms with Crippen molar-refractivity contribution >= 4 is 11.6 Å². The first-order chi connectivity index (χ1) is 9.77. The Morgan fingerprint density at radius 2 is 2.05 bits per heavy atom. The zero-order chi connectivity index (χ0) is 15.6. The second kappa shape index (κ2) is 5.55. The van der Waals surface area contributed by atoms with E-state index in [1.54, 1.807) is 0 Å². The van der Waals surface area contributed by atoms with E-state index in [0.29, 0.717) is 5.82 Å². The molecule has 1 aromatic heterocycles. The van der Waals surface area contributed by atoms with Gasteiger partial charge in [-0.05, 0) is 18.2 Å². The van der Waals surface area contributed by atoms with Crippen LogP contribution in [0.25, 0.3) is 0 Å². The molecule has 2 aromatic rings. The minimum Gasteiger partial charge on any atom is -0.319 e. The fourth-order valence-electron chi connectivity index (χ4n) is 1.59. The number of carbonyl (C=O) groups excluding carboxylic acids is 1. The van der Waals surface area contributed by atoms with E-state index in [-0.39, 0.29) is 17.4 Å². The first kappa shape index (κ1) is 15.0. The Kier molecular flexibility index (Phi) is 3.97. The number of H-pyrrole nitrogens is 1. The molecule has 0 aliphatic carbocycles. The highest BCUT2D eigenvalue weighted by Crippen LogP contribution is 2.30. The van der Waals surface area contributed by atoms with E-state index < -0.39 is 17.6 Å². The molecule has 1 heterocycles. The van der Waals surface area contributed by atoms with Gasteiger partial charge in [0.25, 0.3) is 5.91 Å². The maximum absolute atomic E-state index is 12.6. The summed E-state index contributed by atoms with van der Waals surface area (Å²) in [6, 6.07) is 4.37. The van der Waals surface area contributed by atoms with Crippen LogP contribution in [0.5, 0.6) is 0 Å². The van der Waals surface area contributed by atoms with Crippen LogP contribution in [0.2, 0.25) is 0 Å². The van der Waals surface area contributed by atoms with E-state index in [4.69, 9.17) is 0 Å². The van der Waals surface area contributed by atoms with Gasteiger partial charge in [-0.25, -0.2) is 4.98 Å². The summed E-state index contributed by atoms with van der Waals surface area (Å²) in [5, 5.41) is 8.68. The molecule has 1 aromatic carbocycles. The molecule has 0 spiro atoms. The number of hydrogen-bond donors (Lipinski definition) is 2. The molecule has 0 aliphatic rings. The van der Waals surface area contributed by atoms with E-state index in [0.717, 1.165) is 12.1 Å². The van der Waals surface area contributed by atoms with Gasteiger partial charge in [0.1, 0.15) is 5.82 Å². The highest BCUT2D eigenvalue weighted by Gasteiger charge is 2.30. The number of aromatic amines is 1. The summed E-state index contributed by atoms with van der Waals surface area (Å²) >= 11 is 0.